The van der Waals surface area contributed by atoms with Gasteiger partial charge in [0.25, 0.3) is 11.8 Å². The molecule has 3 aliphatic heterocycles. The number of carbonyl (C=O) groups excluding carboxylic acids is 2. The first-order valence-corrected chi connectivity index (χ1v) is 15.0. The first-order valence-electron chi connectivity index (χ1n) is 14.1. The van der Waals surface area contributed by atoms with Gasteiger partial charge in [-0.25, -0.2) is 14.4 Å². The number of ether oxygens (including phenoxy) is 1. The maximum absolute atomic E-state index is 15.4. The van der Waals surface area contributed by atoms with Gasteiger partial charge >= 0.3 is 5.51 Å². The summed E-state index contributed by atoms with van der Waals surface area (Å²) in [6, 6.07) is 3.98. The van der Waals surface area contributed by atoms with Crippen LogP contribution in [0.4, 0.5) is 29.1 Å². The average molecular weight is 658 g/mol. The zero-order chi connectivity index (χ0) is 32.4. The van der Waals surface area contributed by atoms with E-state index in [1.54, 1.807) is 18.2 Å². The van der Waals surface area contributed by atoms with Crippen LogP contribution in [0, 0.1) is 11.8 Å². The van der Waals surface area contributed by atoms with Crippen molar-refractivity contribution >= 4 is 40.7 Å². The number of hydrogen-bond acceptors (Lipinski definition) is 9. The summed E-state index contributed by atoms with van der Waals surface area (Å²) in [6.07, 6.45) is 4.26. The third kappa shape index (κ3) is 6.66. The standard InChI is InChI=1S/C29H27F4N9O3S/c1-45-23-5-4-17-13-22(23)34-7-2-3-21-28(46-29(31,32)33)42-12-9-35-24(25(42)39-21)38-20-6-10-40(16-19(20)30)27(44)18-14-37-41(15-18)11-8-36-26(17)43/h4-5,9,12-15,19-20,34H,6-8,10-11,16H2,1H3,(H,35,38)(H,36,43)/t19-,20+/m0/s1. The maximum atomic E-state index is 15.4. The van der Waals surface area contributed by atoms with Gasteiger partial charge in [-0.05, 0) is 30.5 Å². The summed E-state index contributed by atoms with van der Waals surface area (Å²) in [5.41, 5.74) is -3.71. The molecule has 0 spiro atoms. The molecule has 46 heavy (non-hydrogen) atoms. The summed E-state index contributed by atoms with van der Waals surface area (Å²) in [5, 5.41) is 12.8. The van der Waals surface area contributed by atoms with Crippen molar-refractivity contribution in [3.8, 4) is 17.6 Å². The smallest absolute Gasteiger partial charge is 0.447 e. The number of carbonyl (C=O) groups is 2. The first-order chi connectivity index (χ1) is 22.1. The topological polar surface area (TPSA) is 131 Å². The summed E-state index contributed by atoms with van der Waals surface area (Å²) >= 11 is -0.372. The molecule has 7 rings (SSSR count). The lowest BCUT2D eigenvalue weighted by Gasteiger charge is -2.35. The van der Waals surface area contributed by atoms with Crippen LogP contribution in [0.25, 0.3) is 5.65 Å². The van der Waals surface area contributed by atoms with Crippen LogP contribution in [-0.2, 0) is 6.54 Å². The van der Waals surface area contributed by atoms with Crippen LogP contribution in [-0.4, -0.2) is 91.9 Å². The normalized spacial score (nSPS) is 19.1. The van der Waals surface area contributed by atoms with Crippen molar-refractivity contribution in [1.82, 2.24) is 34.4 Å². The SMILES string of the molecule is COc1ccc2cc1NCC#Cc1nc3c(nccn3c1SC(F)(F)F)N[C@@H]1CCN(C[C@@H]1F)C(=O)c1cnn(c1)CCNC2=O. The van der Waals surface area contributed by atoms with Crippen LogP contribution in [0.15, 0.2) is 48.0 Å². The lowest BCUT2D eigenvalue weighted by molar-refractivity contribution is -0.0330. The largest absolute Gasteiger partial charge is 0.495 e. The van der Waals surface area contributed by atoms with Gasteiger partial charge in [0.2, 0.25) is 0 Å². The van der Waals surface area contributed by atoms with E-state index in [4.69, 9.17) is 4.74 Å². The monoisotopic (exact) mass is 657 g/mol. The van der Waals surface area contributed by atoms with Gasteiger partial charge in [-0.3, -0.25) is 18.7 Å². The van der Waals surface area contributed by atoms with Gasteiger partial charge in [-0.15, -0.1) is 0 Å². The zero-order valence-corrected chi connectivity index (χ0v) is 25.1. The summed E-state index contributed by atoms with van der Waals surface area (Å²) in [6.45, 7) is 0.493. The molecule has 3 aromatic heterocycles. The minimum Gasteiger partial charge on any atom is -0.495 e. The van der Waals surface area contributed by atoms with Gasteiger partial charge in [0.1, 0.15) is 22.6 Å². The highest BCUT2D eigenvalue weighted by Crippen LogP contribution is 2.39. The third-order valence-electron chi connectivity index (χ3n) is 7.40. The number of piperidine rings is 1. The van der Waals surface area contributed by atoms with Crippen molar-refractivity contribution in [1.29, 1.82) is 0 Å². The van der Waals surface area contributed by atoms with Crippen molar-refractivity contribution in [2.24, 2.45) is 0 Å². The molecule has 1 saturated heterocycles. The number of thioether (sulfide) groups is 1. The Labute approximate surface area is 263 Å². The second kappa shape index (κ2) is 12.8. The number of hydrogen-bond donors (Lipinski definition) is 3. The van der Waals surface area contributed by atoms with Crippen molar-refractivity contribution in [2.75, 3.05) is 43.9 Å². The number of nitrogens with zero attached hydrogens (tertiary/aromatic N) is 6. The Morgan fingerprint density at radius 2 is 2.00 bits per heavy atom. The van der Waals surface area contributed by atoms with Gasteiger partial charge in [-0.1, -0.05) is 5.92 Å². The molecule has 6 heterocycles. The molecular weight excluding hydrogens is 630 g/mol. The summed E-state index contributed by atoms with van der Waals surface area (Å²) in [4.78, 5) is 36.0. The third-order valence-corrected chi connectivity index (χ3v) is 8.22. The lowest BCUT2D eigenvalue weighted by atomic mass is 10.0. The maximum Gasteiger partial charge on any atom is 0.447 e. The molecule has 4 aromatic rings. The number of benzene rings is 1. The van der Waals surface area contributed by atoms with Crippen molar-refractivity contribution in [3.63, 3.8) is 0 Å². The minimum atomic E-state index is -4.64. The van der Waals surface area contributed by atoms with E-state index in [-0.39, 0.29) is 84.6 Å². The Hall–Kier alpha value is -4.98. The molecule has 240 valence electrons. The molecule has 2 amide bonds. The summed E-state index contributed by atoms with van der Waals surface area (Å²) in [7, 11) is 1.46. The van der Waals surface area contributed by atoms with Crippen LogP contribution in [0.2, 0.25) is 0 Å². The lowest BCUT2D eigenvalue weighted by Crippen LogP contribution is -2.50. The van der Waals surface area contributed by atoms with Crippen LogP contribution < -0.4 is 20.7 Å². The molecule has 0 radical (unpaired) electrons. The highest BCUT2D eigenvalue weighted by Gasteiger charge is 2.35. The van der Waals surface area contributed by atoms with Gasteiger partial charge in [-0.2, -0.15) is 18.3 Å². The van der Waals surface area contributed by atoms with Crippen LogP contribution in [0.5, 0.6) is 5.75 Å². The number of methoxy groups -OCH3 is 1. The second-order valence-corrected chi connectivity index (χ2v) is 11.5. The fraction of sp³-hybridized carbons (Fsp3) is 0.345. The number of fused-ring (bicyclic) bond motifs is 7. The number of aromatic nitrogens is 5. The van der Waals surface area contributed by atoms with E-state index in [9.17, 15) is 22.8 Å². The Morgan fingerprint density at radius 3 is 2.78 bits per heavy atom. The van der Waals surface area contributed by atoms with E-state index >= 15 is 4.39 Å². The molecule has 0 saturated carbocycles. The van der Waals surface area contributed by atoms with E-state index in [0.29, 0.717) is 17.0 Å². The van der Waals surface area contributed by atoms with E-state index < -0.39 is 23.6 Å². The predicted octanol–water partition coefficient (Wildman–Crippen LogP) is 3.42. The molecule has 0 aliphatic carbocycles. The molecule has 8 bridgehead atoms. The van der Waals surface area contributed by atoms with E-state index in [1.807, 2.05) is 0 Å². The van der Waals surface area contributed by atoms with Gasteiger partial charge < -0.3 is 25.6 Å². The Morgan fingerprint density at radius 1 is 1.15 bits per heavy atom. The fourth-order valence-corrected chi connectivity index (χ4v) is 5.85. The second-order valence-electron chi connectivity index (χ2n) is 10.4. The Balaban J connectivity index is 1.36. The van der Waals surface area contributed by atoms with Crippen molar-refractivity contribution in [3.05, 3.63) is 59.8 Å². The van der Waals surface area contributed by atoms with Crippen LogP contribution >= 0.6 is 11.8 Å². The number of rotatable bonds is 2. The molecule has 3 N–H and O–H groups in total. The average Bonchev–Trinajstić information content (AvgIpc) is 3.64. The zero-order valence-electron chi connectivity index (χ0n) is 24.3. The van der Waals surface area contributed by atoms with Gasteiger partial charge in [0, 0.05) is 49.0 Å². The van der Waals surface area contributed by atoms with Crippen molar-refractivity contribution in [2.45, 2.75) is 35.7 Å². The fourth-order valence-electron chi connectivity index (χ4n) is 5.19. The summed E-state index contributed by atoms with van der Waals surface area (Å²) < 4.78 is 64.4. The quantitative estimate of drug-likeness (QED) is 0.169. The van der Waals surface area contributed by atoms with E-state index in [1.165, 1.54) is 45.9 Å². The molecule has 0 unspecified atom stereocenters. The molecule has 3 aliphatic rings. The van der Waals surface area contributed by atoms with E-state index in [0.717, 1.165) is 0 Å². The van der Waals surface area contributed by atoms with Gasteiger partial charge in [0.15, 0.2) is 11.5 Å². The molecule has 1 aromatic carbocycles. The highest BCUT2D eigenvalue weighted by molar-refractivity contribution is 8.00. The number of imidazole rings is 1. The molecule has 12 nitrogen and oxygen atoms in total. The number of amides is 2. The predicted molar refractivity (Wildman–Crippen MR) is 161 cm³/mol. The van der Waals surface area contributed by atoms with Crippen LogP contribution in [0.3, 0.4) is 0 Å². The Bertz CT molecular complexity index is 1850. The number of halogens is 4. The van der Waals surface area contributed by atoms with E-state index in [2.05, 4.69) is 42.9 Å². The van der Waals surface area contributed by atoms with Gasteiger partial charge in [0.05, 0.1) is 50.2 Å². The number of alkyl halides is 4. The number of anilines is 2. The van der Waals surface area contributed by atoms with Crippen LogP contribution in [0.1, 0.15) is 32.8 Å². The number of nitrogens with one attached hydrogen (secondary N) is 3. The molecule has 2 atom stereocenters. The molecule has 1 fully saturated rings. The first kappa shape index (κ1) is 31.0. The van der Waals surface area contributed by atoms with Crippen molar-refractivity contribution < 1.29 is 31.9 Å². The summed E-state index contributed by atoms with van der Waals surface area (Å²) in [5.74, 6) is 5.23. The highest BCUT2D eigenvalue weighted by atomic mass is 32.2. The molecule has 17 heteroatoms. The molecular formula is C29H27F4N9O3S. The minimum absolute atomic E-state index is 0.0166. The Kier molecular flexibility index (Phi) is 8.63.